The summed E-state index contributed by atoms with van der Waals surface area (Å²) in [7, 11) is 0. The predicted octanol–water partition coefficient (Wildman–Crippen LogP) is 7.34. The molecule has 35 heavy (non-hydrogen) atoms. The first-order valence-corrected chi connectivity index (χ1v) is 11.4. The second-order valence-electron chi connectivity index (χ2n) is 8.76. The molecule has 0 aliphatic carbocycles. The quantitative estimate of drug-likeness (QED) is 0.193. The van der Waals surface area contributed by atoms with Gasteiger partial charge in [0.25, 0.3) is 0 Å². The van der Waals surface area contributed by atoms with Gasteiger partial charge in [-0.25, -0.2) is 9.78 Å². The smallest absolute Gasteiger partial charge is 0.362 e. The Morgan fingerprint density at radius 1 is 0.600 bits per heavy atom. The van der Waals surface area contributed by atoms with Crippen LogP contribution < -0.4 is 5.63 Å². The summed E-state index contributed by atoms with van der Waals surface area (Å²) in [6.45, 7) is 0. The van der Waals surface area contributed by atoms with E-state index in [0.717, 1.165) is 60.2 Å². The fourth-order valence-corrected chi connectivity index (χ4v) is 5.39. The average molecular weight is 452 g/mol. The second-order valence-corrected chi connectivity index (χ2v) is 8.76. The maximum Gasteiger partial charge on any atom is 0.362 e. The Morgan fingerprint density at radius 3 is 2.34 bits per heavy atom. The van der Waals surface area contributed by atoms with Crippen molar-refractivity contribution in [1.82, 2.24) is 9.55 Å². The number of hydrogen-bond acceptors (Lipinski definition) is 4. The lowest BCUT2D eigenvalue weighted by Crippen LogP contribution is -2.02. The molecule has 8 rings (SSSR count). The van der Waals surface area contributed by atoms with Gasteiger partial charge in [-0.15, -0.1) is 0 Å². The van der Waals surface area contributed by atoms with Gasteiger partial charge in [0.05, 0.1) is 16.7 Å². The molecule has 0 aliphatic rings. The molecule has 0 amide bonds. The van der Waals surface area contributed by atoms with Crippen LogP contribution in [0.3, 0.4) is 0 Å². The molecule has 0 N–H and O–H groups in total. The molecule has 0 unspecified atom stereocenters. The number of hydrogen-bond donors (Lipinski definition) is 0. The van der Waals surface area contributed by atoms with Crippen LogP contribution in [0.5, 0.6) is 0 Å². The molecule has 0 saturated carbocycles. The highest BCUT2D eigenvalue weighted by Crippen LogP contribution is 2.39. The zero-order valence-electron chi connectivity index (χ0n) is 18.4. The van der Waals surface area contributed by atoms with E-state index in [9.17, 15) is 4.79 Å². The Balaban J connectivity index is 1.60. The van der Waals surface area contributed by atoms with E-state index in [0.29, 0.717) is 11.1 Å². The fourth-order valence-electron chi connectivity index (χ4n) is 5.39. The zero-order chi connectivity index (χ0) is 23.1. The third-order valence-corrected chi connectivity index (χ3v) is 6.89. The highest BCUT2D eigenvalue weighted by Gasteiger charge is 2.19. The number of aromatic nitrogens is 2. The zero-order valence-corrected chi connectivity index (χ0v) is 18.4. The lowest BCUT2D eigenvalue weighted by atomic mass is 10.1. The minimum Gasteiger partial charge on any atom is -0.454 e. The van der Waals surface area contributed by atoms with Crippen LogP contribution in [0.1, 0.15) is 0 Å². The maximum atomic E-state index is 12.6. The van der Waals surface area contributed by atoms with Gasteiger partial charge < -0.3 is 13.4 Å². The molecular weight excluding hydrogens is 436 g/mol. The Kier molecular flexibility index (Phi) is 3.48. The maximum absolute atomic E-state index is 12.6. The van der Waals surface area contributed by atoms with Crippen LogP contribution in [0, 0.1) is 0 Å². The van der Waals surface area contributed by atoms with Crippen LogP contribution in [-0.4, -0.2) is 9.55 Å². The molecule has 8 aromatic rings. The topological polar surface area (TPSA) is 61.2 Å². The van der Waals surface area contributed by atoms with Gasteiger partial charge in [0.15, 0.2) is 11.1 Å². The number of benzene rings is 4. The Morgan fingerprint density at radius 2 is 1.40 bits per heavy atom. The molecule has 4 heterocycles. The van der Waals surface area contributed by atoms with Gasteiger partial charge in [0.1, 0.15) is 11.2 Å². The van der Waals surface area contributed by atoms with Crippen LogP contribution in [-0.2, 0) is 0 Å². The lowest BCUT2D eigenvalue weighted by Gasteiger charge is -2.09. The Bertz CT molecular complexity index is 2200. The van der Waals surface area contributed by atoms with Crippen LogP contribution in [0.2, 0.25) is 0 Å². The van der Waals surface area contributed by atoms with Gasteiger partial charge in [-0.3, -0.25) is 0 Å². The summed E-state index contributed by atoms with van der Waals surface area (Å²) >= 11 is 0. The van der Waals surface area contributed by atoms with Crippen LogP contribution >= 0.6 is 0 Å². The van der Waals surface area contributed by atoms with Crippen LogP contribution in [0.4, 0.5) is 0 Å². The van der Waals surface area contributed by atoms with Crippen molar-refractivity contribution in [2.24, 2.45) is 0 Å². The molecule has 0 aliphatic heterocycles. The van der Waals surface area contributed by atoms with E-state index in [-0.39, 0.29) is 0 Å². The lowest BCUT2D eigenvalue weighted by molar-refractivity contribution is 0.568. The van der Waals surface area contributed by atoms with Gasteiger partial charge in [0, 0.05) is 38.5 Å². The van der Waals surface area contributed by atoms with Crippen molar-refractivity contribution in [3.63, 3.8) is 0 Å². The molecular formula is C30H16N2O3. The molecule has 4 aromatic heterocycles. The summed E-state index contributed by atoms with van der Waals surface area (Å²) in [4.78, 5) is 16.9. The SMILES string of the molecule is O=c1oc2cc3c4ccccc4n(-c4cccc5c4oc4ccccc45)c3cc2c2cccnc12. The number of para-hydroxylation sites is 3. The van der Waals surface area contributed by atoms with Gasteiger partial charge in [-0.05, 0) is 36.4 Å². The van der Waals surface area contributed by atoms with Crippen molar-refractivity contribution in [2.75, 3.05) is 0 Å². The first kappa shape index (κ1) is 18.5. The van der Waals surface area contributed by atoms with Crippen molar-refractivity contribution in [3.05, 3.63) is 108 Å². The Hall–Kier alpha value is -4.90. The molecule has 0 atom stereocenters. The average Bonchev–Trinajstić information content (AvgIpc) is 3.44. The molecule has 5 heteroatoms. The first-order valence-electron chi connectivity index (χ1n) is 11.4. The largest absolute Gasteiger partial charge is 0.454 e. The minimum atomic E-state index is -0.428. The summed E-state index contributed by atoms with van der Waals surface area (Å²) in [5, 5.41) is 5.87. The summed E-state index contributed by atoms with van der Waals surface area (Å²) < 4.78 is 14.3. The number of rotatable bonds is 1. The van der Waals surface area contributed by atoms with Crippen molar-refractivity contribution >= 4 is 65.6 Å². The monoisotopic (exact) mass is 452 g/mol. The summed E-state index contributed by atoms with van der Waals surface area (Å²) in [6, 6.07) is 30.5. The number of fused-ring (bicyclic) bond motifs is 9. The van der Waals surface area contributed by atoms with Crippen molar-refractivity contribution in [3.8, 4) is 5.69 Å². The van der Waals surface area contributed by atoms with E-state index in [4.69, 9.17) is 8.83 Å². The highest BCUT2D eigenvalue weighted by atomic mass is 16.4. The van der Waals surface area contributed by atoms with E-state index in [1.54, 1.807) is 6.20 Å². The minimum absolute atomic E-state index is 0.335. The fraction of sp³-hybridized carbons (Fsp3) is 0. The van der Waals surface area contributed by atoms with Crippen LogP contribution in [0.15, 0.2) is 111 Å². The van der Waals surface area contributed by atoms with Crippen molar-refractivity contribution < 1.29 is 8.83 Å². The van der Waals surface area contributed by atoms with Crippen molar-refractivity contribution in [2.45, 2.75) is 0 Å². The standard InChI is InChI=1S/C30H16N2O3/c33-30-28-19(10-6-14-31-28)22-15-25-21(16-27(22)35-30)17-7-1-3-11-23(17)32(25)24-12-5-9-20-18-8-2-4-13-26(18)34-29(20)24/h1-16H. The van der Waals surface area contributed by atoms with Gasteiger partial charge >= 0.3 is 5.63 Å². The van der Waals surface area contributed by atoms with E-state index in [1.165, 1.54) is 0 Å². The summed E-state index contributed by atoms with van der Waals surface area (Å²) in [5.74, 6) is 0. The molecule has 0 bridgehead atoms. The summed E-state index contributed by atoms with van der Waals surface area (Å²) in [5.41, 5.74) is 5.17. The van der Waals surface area contributed by atoms with Gasteiger partial charge in [-0.2, -0.15) is 0 Å². The molecule has 0 radical (unpaired) electrons. The van der Waals surface area contributed by atoms with Gasteiger partial charge in [0.2, 0.25) is 0 Å². The number of pyridine rings is 1. The normalized spacial score (nSPS) is 12.1. The van der Waals surface area contributed by atoms with E-state index in [1.807, 2.05) is 48.5 Å². The molecule has 0 saturated heterocycles. The number of furan rings is 1. The van der Waals surface area contributed by atoms with E-state index in [2.05, 4.69) is 52.0 Å². The number of nitrogens with zero attached hydrogens (tertiary/aromatic N) is 2. The van der Waals surface area contributed by atoms with Gasteiger partial charge in [-0.1, -0.05) is 54.6 Å². The summed E-state index contributed by atoms with van der Waals surface area (Å²) in [6.07, 6.45) is 1.61. The van der Waals surface area contributed by atoms with E-state index < -0.39 is 5.63 Å². The van der Waals surface area contributed by atoms with Crippen LogP contribution in [0.25, 0.3) is 71.3 Å². The second kappa shape index (κ2) is 6.58. The molecule has 0 fully saturated rings. The molecule has 5 nitrogen and oxygen atoms in total. The first-order chi connectivity index (χ1) is 17.3. The van der Waals surface area contributed by atoms with Crippen molar-refractivity contribution in [1.29, 1.82) is 0 Å². The third-order valence-electron chi connectivity index (χ3n) is 6.89. The third kappa shape index (κ3) is 2.41. The predicted molar refractivity (Wildman–Crippen MR) is 139 cm³/mol. The van der Waals surface area contributed by atoms with E-state index >= 15 is 0 Å². The molecule has 4 aromatic carbocycles. The molecule has 164 valence electrons. The molecule has 0 spiro atoms. The highest BCUT2D eigenvalue weighted by molar-refractivity contribution is 6.17. The Labute approximate surface area is 197 Å².